The summed E-state index contributed by atoms with van der Waals surface area (Å²) in [5.41, 5.74) is 1.34. The van der Waals surface area contributed by atoms with E-state index in [1.807, 2.05) is 0 Å². The van der Waals surface area contributed by atoms with Crippen molar-refractivity contribution < 1.29 is 0 Å². The monoisotopic (exact) mass is 255 g/mol. The van der Waals surface area contributed by atoms with Crippen LogP contribution in [0.1, 0.15) is 32.4 Å². The maximum Gasteiger partial charge on any atom is 0.0291 e. The Labute approximate surface area is 95.0 Å². The Kier molecular flexibility index (Phi) is 4.63. The molecule has 0 heterocycles. The van der Waals surface area contributed by atoms with Crippen LogP contribution < -0.4 is 5.32 Å². The molecule has 0 aromatic heterocycles. The van der Waals surface area contributed by atoms with E-state index < -0.39 is 0 Å². The molecule has 1 rings (SSSR count). The molecule has 0 radical (unpaired) electrons. The van der Waals surface area contributed by atoms with Crippen molar-refractivity contribution in [3.8, 4) is 0 Å². The molecule has 1 aromatic rings. The van der Waals surface area contributed by atoms with Gasteiger partial charge >= 0.3 is 0 Å². The van der Waals surface area contributed by atoms with Gasteiger partial charge in [0.15, 0.2) is 0 Å². The SMILES string of the molecule is CC(C)CN[C@@H](C)c1ccc(Br)cc1. The highest BCUT2D eigenvalue weighted by molar-refractivity contribution is 9.10. The molecular weight excluding hydrogens is 238 g/mol. The Morgan fingerprint density at radius 1 is 1.14 bits per heavy atom. The smallest absolute Gasteiger partial charge is 0.0291 e. The molecule has 0 amide bonds. The Morgan fingerprint density at radius 2 is 1.71 bits per heavy atom. The highest BCUT2D eigenvalue weighted by atomic mass is 79.9. The van der Waals surface area contributed by atoms with Gasteiger partial charge in [-0.1, -0.05) is 41.9 Å². The van der Waals surface area contributed by atoms with Crippen molar-refractivity contribution in [1.29, 1.82) is 0 Å². The minimum atomic E-state index is 0.436. The lowest BCUT2D eigenvalue weighted by atomic mass is 10.1. The zero-order valence-electron chi connectivity index (χ0n) is 9.05. The third kappa shape index (κ3) is 3.81. The molecule has 1 nitrogen and oxygen atoms in total. The first kappa shape index (κ1) is 11.7. The second kappa shape index (κ2) is 5.52. The fraction of sp³-hybridized carbons (Fsp3) is 0.500. The summed E-state index contributed by atoms with van der Waals surface area (Å²) in [7, 11) is 0. The summed E-state index contributed by atoms with van der Waals surface area (Å²) in [6, 6.07) is 8.92. The van der Waals surface area contributed by atoms with Gasteiger partial charge in [0, 0.05) is 10.5 Å². The average molecular weight is 256 g/mol. The molecule has 1 aromatic carbocycles. The van der Waals surface area contributed by atoms with E-state index in [0.717, 1.165) is 11.0 Å². The van der Waals surface area contributed by atoms with Crippen LogP contribution in [0.5, 0.6) is 0 Å². The first-order valence-corrected chi connectivity index (χ1v) is 5.87. The minimum absolute atomic E-state index is 0.436. The zero-order valence-corrected chi connectivity index (χ0v) is 10.6. The number of hydrogen-bond donors (Lipinski definition) is 1. The Hall–Kier alpha value is -0.340. The number of nitrogens with one attached hydrogen (secondary N) is 1. The third-order valence-corrected chi connectivity index (χ3v) is 2.73. The van der Waals surface area contributed by atoms with E-state index in [1.165, 1.54) is 5.56 Å². The standard InChI is InChI=1S/C12H18BrN/c1-9(2)8-14-10(3)11-4-6-12(13)7-5-11/h4-7,9-10,14H,8H2,1-3H3/t10-/m0/s1. The summed E-state index contributed by atoms with van der Waals surface area (Å²) in [5, 5.41) is 3.50. The van der Waals surface area contributed by atoms with Crippen LogP contribution >= 0.6 is 15.9 Å². The van der Waals surface area contributed by atoms with Crippen molar-refractivity contribution in [2.24, 2.45) is 5.92 Å². The lowest BCUT2D eigenvalue weighted by Gasteiger charge is -2.15. The molecule has 0 fully saturated rings. The van der Waals surface area contributed by atoms with Crippen molar-refractivity contribution in [3.05, 3.63) is 34.3 Å². The predicted molar refractivity (Wildman–Crippen MR) is 65.4 cm³/mol. The lowest BCUT2D eigenvalue weighted by molar-refractivity contribution is 0.496. The van der Waals surface area contributed by atoms with Crippen LogP contribution in [0.15, 0.2) is 28.7 Å². The van der Waals surface area contributed by atoms with Crippen molar-refractivity contribution in [2.45, 2.75) is 26.8 Å². The molecular formula is C12H18BrN. The van der Waals surface area contributed by atoms with Gasteiger partial charge in [-0.3, -0.25) is 0 Å². The summed E-state index contributed by atoms with van der Waals surface area (Å²) in [6.07, 6.45) is 0. The van der Waals surface area contributed by atoms with Crippen molar-refractivity contribution in [3.63, 3.8) is 0 Å². The first-order valence-electron chi connectivity index (χ1n) is 5.08. The molecule has 14 heavy (non-hydrogen) atoms. The van der Waals surface area contributed by atoms with E-state index >= 15 is 0 Å². The molecule has 0 aliphatic heterocycles. The normalized spacial score (nSPS) is 13.2. The molecule has 1 atom stereocenters. The summed E-state index contributed by atoms with van der Waals surface area (Å²) in [5.74, 6) is 0.702. The molecule has 0 aliphatic rings. The zero-order chi connectivity index (χ0) is 10.6. The fourth-order valence-electron chi connectivity index (χ4n) is 1.28. The molecule has 0 saturated heterocycles. The van der Waals surface area contributed by atoms with Gasteiger partial charge in [-0.15, -0.1) is 0 Å². The van der Waals surface area contributed by atoms with Crippen LogP contribution in [0, 0.1) is 5.92 Å². The number of halogens is 1. The molecule has 78 valence electrons. The summed E-state index contributed by atoms with van der Waals surface area (Å²) >= 11 is 3.44. The van der Waals surface area contributed by atoms with E-state index in [4.69, 9.17) is 0 Å². The molecule has 2 heteroatoms. The quantitative estimate of drug-likeness (QED) is 0.864. The van der Waals surface area contributed by atoms with Crippen molar-refractivity contribution in [1.82, 2.24) is 5.32 Å². The fourth-order valence-corrected chi connectivity index (χ4v) is 1.55. The van der Waals surface area contributed by atoms with Gasteiger partial charge in [-0.25, -0.2) is 0 Å². The number of rotatable bonds is 4. The van der Waals surface area contributed by atoms with Crippen molar-refractivity contribution >= 4 is 15.9 Å². The molecule has 0 bridgehead atoms. The lowest BCUT2D eigenvalue weighted by Crippen LogP contribution is -2.23. The topological polar surface area (TPSA) is 12.0 Å². The van der Waals surface area contributed by atoms with E-state index in [1.54, 1.807) is 0 Å². The molecule has 0 aliphatic carbocycles. The maximum atomic E-state index is 3.50. The van der Waals surface area contributed by atoms with E-state index in [-0.39, 0.29) is 0 Å². The van der Waals surface area contributed by atoms with Crippen LogP contribution in [-0.2, 0) is 0 Å². The summed E-state index contributed by atoms with van der Waals surface area (Å²) in [4.78, 5) is 0. The average Bonchev–Trinajstić information content (AvgIpc) is 2.15. The second-order valence-electron chi connectivity index (χ2n) is 4.08. The second-order valence-corrected chi connectivity index (χ2v) is 4.99. The maximum absolute atomic E-state index is 3.50. The summed E-state index contributed by atoms with van der Waals surface area (Å²) < 4.78 is 1.14. The number of benzene rings is 1. The van der Waals surface area contributed by atoms with Gasteiger partial charge in [0.1, 0.15) is 0 Å². The van der Waals surface area contributed by atoms with Gasteiger partial charge in [0.2, 0.25) is 0 Å². The first-order chi connectivity index (χ1) is 6.59. The van der Waals surface area contributed by atoms with Crippen molar-refractivity contribution in [2.75, 3.05) is 6.54 Å². The third-order valence-electron chi connectivity index (χ3n) is 2.20. The van der Waals surface area contributed by atoms with E-state index in [2.05, 4.69) is 66.3 Å². The Bertz CT molecular complexity index is 266. The van der Waals surface area contributed by atoms with Gasteiger partial charge in [-0.2, -0.15) is 0 Å². The van der Waals surface area contributed by atoms with Crippen LogP contribution in [0.25, 0.3) is 0 Å². The van der Waals surface area contributed by atoms with Gasteiger partial charge in [0.25, 0.3) is 0 Å². The molecule has 0 unspecified atom stereocenters. The highest BCUT2D eigenvalue weighted by Gasteiger charge is 2.04. The number of hydrogen-bond acceptors (Lipinski definition) is 1. The van der Waals surface area contributed by atoms with Gasteiger partial charge in [-0.05, 0) is 37.1 Å². The molecule has 0 spiro atoms. The van der Waals surface area contributed by atoms with E-state index in [9.17, 15) is 0 Å². The Morgan fingerprint density at radius 3 is 2.21 bits per heavy atom. The Balaban J connectivity index is 2.52. The van der Waals surface area contributed by atoms with Crippen LogP contribution in [0.2, 0.25) is 0 Å². The van der Waals surface area contributed by atoms with Gasteiger partial charge < -0.3 is 5.32 Å². The van der Waals surface area contributed by atoms with Crippen LogP contribution in [0.3, 0.4) is 0 Å². The van der Waals surface area contributed by atoms with E-state index in [0.29, 0.717) is 12.0 Å². The minimum Gasteiger partial charge on any atom is -0.310 e. The molecule has 1 N–H and O–H groups in total. The van der Waals surface area contributed by atoms with Crippen LogP contribution in [0.4, 0.5) is 0 Å². The van der Waals surface area contributed by atoms with Gasteiger partial charge in [0.05, 0.1) is 0 Å². The molecule has 0 saturated carbocycles. The largest absolute Gasteiger partial charge is 0.310 e. The predicted octanol–water partition coefficient (Wildman–Crippen LogP) is 3.76. The summed E-state index contributed by atoms with van der Waals surface area (Å²) in [6.45, 7) is 7.71. The van der Waals surface area contributed by atoms with Crippen LogP contribution in [-0.4, -0.2) is 6.54 Å². The highest BCUT2D eigenvalue weighted by Crippen LogP contribution is 2.16.